The average molecular weight is 642 g/mol. The molecule has 0 saturated carbocycles. The Bertz CT molecular complexity index is 1690. The quantitative estimate of drug-likeness (QED) is 0.139. The monoisotopic (exact) mass is 641 g/mol. The predicted molar refractivity (Wildman–Crippen MR) is 179 cm³/mol. The third-order valence-corrected chi connectivity index (χ3v) is 8.15. The fourth-order valence-electron chi connectivity index (χ4n) is 4.75. The number of aliphatic hydroxyl groups excluding tert-OH is 1. The van der Waals surface area contributed by atoms with E-state index in [9.17, 15) is 24.3 Å². The van der Waals surface area contributed by atoms with E-state index in [0.717, 1.165) is 10.9 Å². The molecule has 1 aromatic heterocycles. The number of para-hydroxylation sites is 1. The SMILES string of the molecule is CC(C)(C)NC(=O)c1ccccc1SC[C@H](O)[C@H](Cc1ccccc1)NC(=O)[C@@H](CC(N)=O)NC(=O)c1ccc2ccccc2n1. The van der Waals surface area contributed by atoms with Crippen LogP contribution in [0.25, 0.3) is 10.9 Å². The average Bonchev–Trinajstić information content (AvgIpc) is 3.02. The van der Waals surface area contributed by atoms with Gasteiger partial charge in [-0.15, -0.1) is 11.8 Å². The zero-order valence-electron chi connectivity index (χ0n) is 26.0. The van der Waals surface area contributed by atoms with Crippen LogP contribution in [0.5, 0.6) is 0 Å². The molecule has 4 amide bonds. The number of nitrogens with one attached hydrogen (secondary N) is 3. The van der Waals surface area contributed by atoms with Crippen molar-refractivity contribution in [1.82, 2.24) is 20.9 Å². The summed E-state index contributed by atoms with van der Waals surface area (Å²) in [5.41, 5.74) is 7.04. The zero-order valence-corrected chi connectivity index (χ0v) is 26.8. The number of hydrogen-bond donors (Lipinski definition) is 5. The smallest absolute Gasteiger partial charge is 0.270 e. The summed E-state index contributed by atoms with van der Waals surface area (Å²) in [7, 11) is 0. The highest BCUT2D eigenvalue weighted by Crippen LogP contribution is 2.25. The maximum absolute atomic E-state index is 13.6. The number of amides is 4. The molecule has 0 saturated heterocycles. The molecule has 1 heterocycles. The van der Waals surface area contributed by atoms with Crippen molar-refractivity contribution >= 4 is 46.3 Å². The van der Waals surface area contributed by atoms with Crippen LogP contribution in [0.15, 0.2) is 95.9 Å². The Morgan fingerprint density at radius 2 is 1.52 bits per heavy atom. The van der Waals surface area contributed by atoms with Gasteiger partial charge in [0.2, 0.25) is 11.8 Å². The summed E-state index contributed by atoms with van der Waals surface area (Å²) in [6.07, 6.45) is -1.26. The number of nitrogens with two attached hydrogens (primary N) is 1. The van der Waals surface area contributed by atoms with E-state index in [1.54, 1.807) is 36.4 Å². The van der Waals surface area contributed by atoms with Crippen molar-refractivity contribution in [1.29, 1.82) is 0 Å². The maximum atomic E-state index is 13.6. The van der Waals surface area contributed by atoms with Gasteiger partial charge in [-0.1, -0.05) is 66.7 Å². The summed E-state index contributed by atoms with van der Waals surface area (Å²) in [4.78, 5) is 56.7. The van der Waals surface area contributed by atoms with Crippen LogP contribution in [-0.4, -0.2) is 63.2 Å². The van der Waals surface area contributed by atoms with Gasteiger partial charge in [0.1, 0.15) is 11.7 Å². The Balaban J connectivity index is 1.51. The van der Waals surface area contributed by atoms with E-state index in [1.807, 2.05) is 69.3 Å². The minimum Gasteiger partial charge on any atom is -0.390 e. The second kappa shape index (κ2) is 15.5. The number of benzene rings is 3. The van der Waals surface area contributed by atoms with E-state index >= 15 is 0 Å². The fourth-order valence-corrected chi connectivity index (χ4v) is 5.82. The van der Waals surface area contributed by atoms with E-state index in [-0.39, 0.29) is 23.8 Å². The number of aliphatic hydroxyl groups is 1. The molecule has 0 fully saturated rings. The van der Waals surface area contributed by atoms with Crippen LogP contribution < -0.4 is 21.7 Å². The third-order valence-electron chi connectivity index (χ3n) is 6.98. The predicted octanol–water partition coefficient (Wildman–Crippen LogP) is 3.62. The van der Waals surface area contributed by atoms with Crippen molar-refractivity contribution in [2.24, 2.45) is 5.73 Å². The number of aromatic nitrogens is 1. The molecular formula is C35H39N5O5S. The lowest BCUT2D eigenvalue weighted by atomic mass is 10.0. The van der Waals surface area contributed by atoms with Crippen molar-refractivity contribution in [3.05, 3.63) is 108 Å². The number of carbonyl (C=O) groups is 4. The molecule has 0 spiro atoms. The molecule has 4 aromatic rings. The van der Waals surface area contributed by atoms with E-state index in [0.29, 0.717) is 16.0 Å². The molecule has 0 bridgehead atoms. The Kier molecular flexibility index (Phi) is 11.5. The van der Waals surface area contributed by atoms with Crippen LogP contribution in [-0.2, 0) is 16.0 Å². The summed E-state index contributed by atoms with van der Waals surface area (Å²) in [6, 6.07) is 24.9. The second-order valence-corrected chi connectivity index (χ2v) is 13.0. The number of rotatable bonds is 13. The Labute approximate surface area is 272 Å². The van der Waals surface area contributed by atoms with Gasteiger partial charge >= 0.3 is 0 Å². The van der Waals surface area contributed by atoms with Crippen molar-refractivity contribution in [2.75, 3.05) is 5.75 Å². The summed E-state index contributed by atoms with van der Waals surface area (Å²) in [5, 5.41) is 20.6. The number of hydrogen-bond acceptors (Lipinski definition) is 7. The molecule has 46 heavy (non-hydrogen) atoms. The lowest BCUT2D eigenvalue weighted by Gasteiger charge is -2.27. The number of pyridine rings is 1. The van der Waals surface area contributed by atoms with Crippen LogP contribution in [0.1, 0.15) is 53.6 Å². The molecule has 240 valence electrons. The van der Waals surface area contributed by atoms with Gasteiger partial charge in [0.25, 0.3) is 11.8 Å². The maximum Gasteiger partial charge on any atom is 0.270 e. The largest absolute Gasteiger partial charge is 0.390 e. The summed E-state index contributed by atoms with van der Waals surface area (Å²) in [6.45, 7) is 5.69. The Hall–Kier alpha value is -4.74. The standard InChI is InChI=1S/C35H39N5O5S/c1-35(2,3)40-32(43)24-14-8-10-16-30(24)46-21-29(41)27(19-22-11-5-4-6-12-22)38-34(45)28(20-31(36)42)39-33(44)26-18-17-23-13-7-9-15-25(23)37-26/h4-18,27-29,41H,19-21H2,1-3H3,(H2,36,42)(H,38,45)(H,39,44)(H,40,43)/t27-,28+,29-/m0/s1. The van der Waals surface area contributed by atoms with E-state index in [1.165, 1.54) is 17.8 Å². The number of carbonyl (C=O) groups excluding carboxylic acids is 4. The first-order valence-electron chi connectivity index (χ1n) is 14.9. The first-order chi connectivity index (χ1) is 21.9. The zero-order chi connectivity index (χ0) is 33.3. The highest BCUT2D eigenvalue weighted by Gasteiger charge is 2.29. The fraction of sp³-hybridized carbons (Fsp3) is 0.286. The minimum atomic E-state index is -1.31. The minimum absolute atomic E-state index is 0.0763. The first-order valence-corrected chi connectivity index (χ1v) is 15.9. The number of thioether (sulfide) groups is 1. The summed E-state index contributed by atoms with van der Waals surface area (Å²) < 4.78 is 0. The van der Waals surface area contributed by atoms with Gasteiger partial charge in [-0.2, -0.15) is 0 Å². The molecule has 0 radical (unpaired) electrons. The van der Waals surface area contributed by atoms with Crippen molar-refractivity contribution in [2.45, 2.75) is 62.2 Å². The van der Waals surface area contributed by atoms with Gasteiger partial charge in [-0.05, 0) is 57.0 Å². The Morgan fingerprint density at radius 3 is 2.24 bits per heavy atom. The van der Waals surface area contributed by atoms with Gasteiger partial charge in [-0.3, -0.25) is 19.2 Å². The van der Waals surface area contributed by atoms with Crippen LogP contribution in [0.3, 0.4) is 0 Å². The number of fused-ring (bicyclic) bond motifs is 1. The molecular weight excluding hydrogens is 602 g/mol. The summed E-state index contributed by atoms with van der Waals surface area (Å²) in [5.74, 6) is -2.19. The molecule has 6 N–H and O–H groups in total. The van der Waals surface area contributed by atoms with Gasteiger partial charge in [0.05, 0.1) is 29.6 Å². The molecule has 0 aliphatic rings. The number of nitrogens with zero attached hydrogens (tertiary/aromatic N) is 1. The van der Waals surface area contributed by atoms with E-state index in [2.05, 4.69) is 20.9 Å². The van der Waals surface area contributed by atoms with Crippen LogP contribution >= 0.6 is 11.8 Å². The lowest BCUT2D eigenvalue weighted by molar-refractivity contribution is -0.128. The molecule has 11 heteroatoms. The van der Waals surface area contributed by atoms with Crippen molar-refractivity contribution < 1.29 is 24.3 Å². The Morgan fingerprint density at radius 1 is 0.848 bits per heavy atom. The van der Waals surface area contributed by atoms with Gasteiger partial charge < -0.3 is 26.8 Å². The van der Waals surface area contributed by atoms with Crippen LogP contribution in [0.4, 0.5) is 0 Å². The molecule has 3 aromatic carbocycles. The van der Waals surface area contributed by atoms with Crippen LogP contribution in [0.2, 0.25) is 0 Å². The molecule has 0 aliphatic heterocycles. The third kappa shape index (κ3) is 9.88. The van der Waals surface area contributed by atoms with Crippen molar-refractivity contribution in [3.63, 3.8) is 0 Å². The van der Waals surface area contributed by atoms with Crippen LogP contribution in [0, 0.1) is 0 Å². The van der Waals surface area contributed by atoms with Gasteiger partial charge in [0.15, 0.2) is 0 Å². The first kappa shape index (κ1) is 34.1. The topological polar surface area (TPSA) is 164 Å². The highest BCUT2D eigenvalue weighted by molar-refractivity contribution is 7.99. The normalized spacial score (nSPS) is 13.3. The molecule has 0 unspecified atom stereocenters. The lowest BCUT2D eigenvalue weighted by Crippen LogP contribution is -2.54. The molecule has 0 aliphatic carbocycles. The highest BCUT2D eigenvalue weighted by atomic mass is 32.2. The number of primary amides is 1. The van der Waals surface area contributed by atoms with Crippen molar-refractivity contribution in [3.8, 4) is 0 Å². The van der Waals surface area contributed by atoms with Gasteiger partial charge in [0, 0.05) is 21.6 Å². The molecule has 3 atom stereocenters. The van der Waals surface area contributed by atoms with E-state index < -0.39 is 47.9 Å². The molecule has 4 rings (SSSR count). The summed E-state index contributed by atoms with van der Waals surface area (Å²) >= 11 is 1.29. The van der Waals surface area contributed by atoms with Gasteiger partial charge in [-0.25, -0.2) is 4.98 Å². The molecule has 10 nitrogen and oxygen atoms in total. The second-order valence-electron chi connectivity index (χ2n) is 12.0. The van der Waals surface area contributed by atoms with E-state index in [4.69, 9.17) is 5.73 Å².